The molecule has 0 fully saturated rings. The third-order valence-corrected chi connectivity index (χ3v) is 3.04. The first-order chi connectivity index (χ1) is 7.81. The van der Waals surface area contributed by atoms with Gasteiger partial charge in [-0.3, -0.25) is 4.79 Å². The third kappa shape index (κ3) is 2.50. The molecule has 0 saturated heterocycles. The Hall–Kier alpha value is -1.15. The molecule has 0 aliphatic carbocycles. The average Bonchev–Trinajstić information content (AvgIpc) is 2.49. The number of ketones is 1. The van der Waals surface area contributed by atoms with Crippen molar-refractivity contribution in [3.05, 3.63) is 34.9 Å². The Kier molecular flexibility index (Phi) is 3.73. The van der Waals surface area contributed by atoms with Crippen LogP contribution in [0.2, 0.25) is 0 Å². The summed E-state index contributed by atoms with van der Waals surface area (Å²) in [4.78, 5) is 11.8. The standard InChI is InChI=1S/C14H18O2/c1-2-3-4-11-5-6-12-7-8-16-10-14(15)13(12)9-11/h5-6,9H,2-4,7-8,10H2,1H3. The summed E-state index contributed by atoms with van der Waals surface area (Å²) in [7, 11) is 0. The molecule has 0 atom stereocenters. The Balaban J connectivity index is 2.24. The molecule has 0 spiro atoms. The lowest BCUT2D eigenvalue weighted by Gasteiger charge is -2.06. The Morgan fingerprint density at radius 1 is 1.38 bits per heavy atom. The summed E-state index contributed by atoms with van der Waals surface area (Å²) >= 11 is 0. The number of carbonyl (C=O) groups is 1. The highest BCUT2D eigenvalue weighted by Crippen LogP contribution is 2.18. The van der Waals surface area contributed by atoms with E-state index in [0.29, 0.717) is 6.61 Å². The first-order valence-electron chi connectivity index (χ1n) is 6.04. The first-order valence-corrected chi connectivity index (χ1v) is 6.04. The van der Waals surface area contributed by atoms with Crippen molar-refractivity contribution >= 4 is 5.78 Å². The molecule has 0 aromatic heterocycles. The van der Waals surface area contributed by atoms with E-state index in [4.69, 9.17) is 4.74 Å². The second-order valence-corrected chi connectivity index (χ2v) is 4.32. The number of ether oxygens (including phenoxy) is 1. The van der Waals surface area contributed by atoms with E-state index in [0.717, 1.165) is 24.0 Å². The van der Waals surface area contributed by atoms with Crippen LogP contribution in [0.15, 0.2) is 18.2 Å². The highest BCUT2D eigenvalue weighted by atomic mass is 16.5. The topological polar surface area (TPSA) is 26.3 Å². The molecule has 16 heavy (non-hydrogen) atoms. The van der Waals surface area contributed by atoms with E-state index in [2.05, 4.69) is 25.1 Å². The minimum Gasteiger partial charge on any atom is -0.373 e. The summed E-state index contributed by atoms with van der Waals surface area (Å²) in [6, 6.07) is 6.29. The summed E-state index contributed by atoms with van der Waals surface area (Å²) in [6.45, 7) is 3.08. The summed E-state index contributed by atoms with van der Waals surface area (Å²) in [5, 5.41) is 0. The van der Waals surface area contributed by atoms with E-state index in [1.54, 1.807) is 0 Å². The predicted octanol–water partition coefficient (Wildman–Crippen LogP) is 2.78. The maximum absolute atomic E-state index is 11.8. The molecule has 86 valence electrons. The molecule has 0 N–H and O–H groups in total. The summed E-state index contributed by atoms with van der Waals surface area (Å²) in [6.07, 6.45) is 4.30. The van der Waals surface area contributed by atoms with Crippen LogP contribution in [0, 0.1) is 0 Å². The molecular weight excluding hydrogens is 200 g/mol. The third-order valence-electron chi connectivity index (χ3n) is 3.04. The second kappa shape index (κ2) is 5.26. The lowest BCUT2D eigenvalue weighted by molar-refractivity contribution is 0.0788. The lowest BCUT2D eigenvalue weighted by Crippen LogP contribution is -2.07. The monoisotopic (exact) mass is 218 g/mol. The number of Topliss-reactive ketones (excluding diaryl/α,β-unsaturated/α-hetero) is 1. The molecule has 1 aliphatic heterocycles. The van der Waals surface area contributed by atoms with Crippen molar-refractivity contribution in [2.24, 2.45) is 0 Å². The Morgan fingerprint density at radius 2 is 2.25 bits per heavy atom. The minimum atomic E-state index is 0.130. The van der Waals surface area contributed by atoms with Gasteiger partial charge in [-0.25, -0.2) is 0 Å². The molecule has 0 unspecified atom stereocenters. The van der Waals surface area contributed by atoms with Gasteiger partial charge in [-0.1, -0.05) is 25.5 Å². The molecule has 1 aromatic carbocycles. The van der Waals surface area contributed by atoms with Crippen LogP contribution < -0.4 is 0 Å². The average molecular weight is 218 g/mol. The minimum absolute atomic E-state index is 0.130. The summed E-state index contributed by atoms with van der Waals surface area (Å²) in [5.41, 5.74) is 3.30. The predicted molar refractivity (Wildman–Crippen MR) is 63.9 cm³/mol. The SMILES string of the molecule is CCCCc1ccc2c(c1)C(=O)COCC2. The molecule has 2 rings (SSSR count). The van der Waals surface area contributed by atoms with E-state index >= 15 is 0 Å². The van der Waals surface area contributed by atoms with Gasteiger partial charge in [0.15, 0.2) is 5.78 Å². The molecule has 2 nitrogen and oxygen atoms in total. The lowest BCUT2D eigenvalue weighted by atomic mass is 9.97. The van der Waals surface area contributed by atoms with Gasteiger partial charge in [-0.05, 0) is 36.5 Å². The number of hydrogen-bond donors (Lipinski definition) is 0. The van der Waals surface area contributed by atoms with Crippen LogP contribution in [-0.4, -0.2) is 19.0 Å². The van der Waals surface area contributed by atoms with Gasteiger partial charge in [-0.15, -0.1) is 0 Å². The van der Waals surface area contributed by atoms with Gasteiger partial charge < -0.3 is 4.74 Å². The van der Waals surface area contributed by atoms with Crippen LogP contribution in [0.3, 0.4) is 0 Å². The van der Waals surface area contributed by atoms with Crippen molar-refractivity contribution < 1.29 is 9.53 Å². The van der Waals surface area contributed by atoms with Gasteiger partial charge in [0, 0.05) is 5.56 Å². The van der Waals surface area contributed by atoms with E-state index in [1.807, 2.05) is 0 Å². The zero-order valence-corrected chi connectivity index (χ0v) is 9.79. The van der Waals surface area contributed by atoms with Gasteiger partial charge in [0.05, 0.1) is 6.61 Å². The van der Waals surface area contributed by atoms with Crippen molar-refractivity contribution in [2.75, 3.05) is 13.2 Å². The molecule has 2 heteroatoms. The number of rotatable bonds is 3. The molecular formula is C14H18O2. The van der Waals surface area contributed by atoms with Crippen molar-refractivity contribution in [3.63, 3.8) is 0 Å². The van der Waals surface area contributed by atoms with Crippen molar-refractivity contribution in [3.8, 4) is 0 Å². The Labute approximate surface area is 96.6 Å². The van der Waals surface area contributed by atoms with Crippen LogP contribution in [0.4, 0.5) is 0 Å². The molecule has 0 amide bonds. The molecule has 0 radical (unpaired) electrons. The molecule has 0 bridgehead atoms. The smallest absolute Gasteiger partial charge is 0.188 e. The zero-order chi connectivity index (χ0) is 11.4. The number of carbonyl (C=O) groups excluding carboxylic acids is 1. The highest BCUT2D eigenvalue weighted by Gasteiger charge is 2.15. The maximum atomic E-state index is 11.8. The van der Waals surface area contributed by atoms with Gasteiger partial charge in [-0.2, -0.15) is 0 Å². The van der Waals surface area contributed by atoms with E-state index in [1.165, 1.54) is 18.4 Å². The molecule has 1 heterocycles. The van der Waals surface area contributed by atoms with Crippen LogP contribution in [0.5, 0.6) is 0 Å². The van der Waals surface area contributed by atoms with Crippen molar-refractivity contribution in [1.29, 1.82) is 0 Å². The Bertz CT molecular complexity index is 382. The number of unbranched alkanes of at least 4 members (excludes halogenated alkanes) is 1. The van der Waals surface area contributed by atoms with E-state index < -0.39 is 0 Å². The fourth-order valence-electron chi connectivity index (χ4n) is 2.06. The molecule has 1 aliphatic rings. The van der Waals surface area contributed by atoms with Crippen LogP contribution in [0.1, 0.15) is 41.3 Å². The zero-order valence-electron chi connectivity index (χ0n) is 9.79. The number of benzene rings is 1. The molecule has 0 saturated carbocycles. The van der Waals surface area contributed by atoms with Gasteiger partial charge in [0.25, 0.3) is 0 Å². The van der Waals surface area contributed by atoms with Crippen LogP contribution in [0.25, 0.3) is 0 Å². The van der Waals surface area contributed by atoms with Gasteiger partial charge >= 0.3 is 0 Å². The fourth-order valence-corrected chi connectivity index (χ4v) is 2.06. The van der Waals surface area contributed by atoms with Gasteiger partial charge in [0.2, 0.25) is 0 Å². The number of aryl methyl sites for hydroxylation is 1. The normalized spacial score (nSPS) is 15.7. The van der Waals surface area contributed by atoms with Crippen LogP contribution >= 0.6 is 0 Å². The summed E-state index contributed by atoms with van der Waals surface area (Å²) < 4.78 is 5.26. The summed E-state index contributed by atoms with van der Waals surface area (Å²) in [5.74, 6) is 0.130. The number of hydrogen-bond acceptors (Lipinski definition) is 2. The first kappa shape index (κ1) is 11.3. The van der Waals surface area contributed by atoms with Gasteiger partial charge in [0.1, 0.15) is 6.61 Å². The Morgan fingerprint density at radius 3 is 3.06 bits per heavy atom. The van der Waals surface area contributed by atoms with E-state index in [-0.39, 0.29) is 12.4 Å². The highest BCUT2D eigenvalue weighted by molar-refractivity contribution is 5.98. The quantitative estimate of drug-likeness (QED) is 0.779. The van der Waals surface area contributed by atoms with E-state index in [9.17, 15) is 4.79 Å². The molecule has 1 aromatic rings. The fraction of sp³-hybridized carbons (Fsp3) is 0.500. The maximum Gasteiger partial charge on any atom is 0.188 e. The van der Waals surface area contributed by atoms with Crippen molar-refractivity contribution in [2.45, 2.75) is 32.6 Å². The van der Waals surface area contributed by atoms with Crippen LogP contribution in [-0.2, 0) is 17.6 Å². The second-order valence-electron chi connectivity index (χ2n) is 4.32. The van der Waals surface area contributed by atoms with Crippen molar-refractivity contribution in [1.82, 2.24) is 0 Å². The largest absolute Gasteiger partial charge is 0.373 e. The number of fused-ring (bicyclic) bond motifs is 1.